The zero-order chi connectivity index (χ0) is 22.4. The lowest BCUT2D eigenvalue weighted by atomic mass is 10.2. The van der Waals surface area contributed by atoms with Crippen molar-refractivity contribution >= 4 is 55.1 Å². The molecule has 0 fully saturated rings. The van der Waals surface area contributed by atoms with Gasteiger partial charge in [-0.1, -0.05) is 28.1 Å². The highest BCUT2D eigenvalue weighted by Crippen LogP contribution is 2.29. The van der Waals surface area contributed by atoms with Crippen molar-refractivity contribution in [2.24, 2.45) is 5.10 Å². The fourth-order valence-electron chi connectivity index (χ4n) is 2.51. The standard InChI is InChI=1S/C20H14Br2N4O5/c21-15-4-1-13(2-5-15)12-31-20-8-3-14(9-17(20)22)11-23-24-18-7-6-16(25(27)28)10-19(18)26(29)30/h1-11,24H,12H2/b23-11+. The first-order valence-corrected chi connectivity index (χ1v) is 10.3. The Balaban J connectivity index is 1.66. The summed E-state index contributed by atoms with van der Waals surface area (Å²) in [6.45, 7) is 0.407. The van der Waals surface area contributed by atoms with E-state index in [0.29, 0.717) is 17.9 Å². The van der Waals surface area contributed by atoms with Crippen molar-refractivity contribution in [3.63, 3.8) is 0 Å². The third-order valence-corrected chi connectivity index (χ3v) is 5.20. The number of nitrogens with zero attached hydrogens (tertiary/aromatic N) is 3. The van der Waals surface area contributed by atoms with Gasteiger partial charge in [0.05, 0.1) is 26.6 Å². The summed E-state index contributed by atoms with van der Waals surface area (Å²) in [4.78, 5) is 20.6. The molecule has 31 heavy (non-hydrogen) atoms. The summed E-state index contributed by atoms with van der Waals surface area (Å²) in [5.74, 6) is 0.652. The summed E-state index contributed by atoms with van der Waals surface area (Å²) in [5.41, 5.74) is 3.51. The molecule has 0 atom stereocenters. The molecule has 0 bridgehead atoms. The van der Waals surface area contributed by atoms with Crippen molar-refractivity contribution < 1.29 is 14.6 Å². The number of ether oxygens (including phenoxy) is 1. The maximum absolute atomic E-state index is 11.2. The minimum Gasteiger partial charge on any atom is -0.488 e. The Bertz CT molecular complexity index is 1150. The number of non-ortho nitro benzene ring substituents is 1. The van der Waals surface area contributed by atoms with Gasteiger partial charge in [0.2, 0.25) is 0 Å². The first-order chi connectivity index (χ1) is 14.8. The largest absolute Gasteiger partial charge is 0.488 e. The normalized spacial score (nSPS) is 10.8. The van der Waals surface area contributed by atoms with Crippen molar-refractivity contribution in [1.29, 1.82) is 0 Å². The van der Waals surface area contributed by atoms with Crippen molar-refractivity contribution in [2.75, 3.05) is 5.43 Å². The van der Waals surface area contributed by atoms with Crippen LogP contribution in [0.15, 0.2) is 74.7 Å². The molecule has 0 aliphatic carbocycles. The van der Waals surface area contributed by atoms with E-state index in [1.165, 1.54) is 18.3 Å². The highest BCUT2D eigenvalue weighted by molar-refractivity contribution is 9.10. The summed E-state index contributed by atoms with van der Waals surface area (Å²) in [6.07, 6.45) is 1.47. The molecule has 158 valence electrons. The van der Waals surface area contributed by atoms with Crippen molar-refractivity contribution in [3.8, 4) is 5.75 Å². The molecule has 9 nitrogen and oxygen atoms in total. The third-order valence-electron chi connectivity index (χ3n) is 4.05. The maximum Gasteiger partial charge on any atom is 0.301 e. The fraction of sp³-hybridized carbons (Fsp3) is 0.0500. The molecule has 3 aromatic rings. The van der Waals surface area contributed by atoms with Crippen LogP contribution in [0, 0.1) is 20.2 Å². The molecule has 0 aromatic heterocycles. The average Bonchev–Trinajstić information content (AvgIpc) is 2.74. The zero-order valence-corrected chi connectivity index (χ0v) is 18.9. The van der Waals surface area contributed by atoms with Crippen molar-refractivity contribution in [1.82, 2.24) is 0 Å². The lowest BCUT2D eigenvalue weighted by molar-refractivity contribution is -0.393. The van der Waals surface area contributed by atoms with Gasteiger partial charge in [0.15, 0.2) is 0 Å². The molecular weight excluding hydrogens is 536 g/mol. The lowest BCUT2D eigenvalue weighted by Crippen LogP contribution is -1.99. The molecule has 0 spiro atoms. The van der Waals surface area contributed by atoms with Gasteiger partial charge >= 0.3 is 5.69 Å². The van der Waals surface area contributed by atoms with Crippen LogP contribution in [0.3, 0.4) is 0 Å². The van der Waals surface area contributed by atoms with Gasteiger partial charge in [0.1, 0.15) is 18.0 Å². The molecule has 0 radical (unpaired) electrons. The summed E-state index contributed by atoms with van der Waals surface area (Å²) in [7, 11) is 0. The van der Waals surface area contributed by atoms with E-state index in [0.717, 1.165) is 20.6 Å². The topological polar surface area (TPSA) is 120 Å². The quantitative estimate of drug-likeness (QED) is 0.207. The van der Waals surface area contributed by atoms with Crippen LogP contribution in [0.1, 0.15) is 11.1 Å². The number of hydrogen-bond acceptors (Lipinski definition) is 7. The van der Waals surface area contributed by atoms with Crippen LogP contribution in [-0.2, 0) is 6.61 Å². The van der Waals surface area contributed by atoms with E-state index >= 15 is 0 Å². The minimum atomic E-state index is -0.709. The van der Waals surface area contributed by atoms with Gasteiger partial charge in [-0.2, -0.15) is 5.10 Å². The summed E-state index contributed by atoms with van der Waals surface area (Å²) in [5, 5.41) is 26.0. The third kappa shape index (κ3) is 6.09. The number of hydrazone groups is 1. The Kier molecular flexibility index (Phi) is 7.32. The first kappa shape index (κ1) is 22.4. The number of hydrogen-bond donors (Lipinski definition) is 1. The number of benzene rings is 3. The molecule has 0 unspecified atom stereocenters. The number of nitrogens with one attached hydrogen (secondary N) is 1. The van der Waals surface area contributed by atoms with Crippen LogP contribution in [-0.4, -0.2) is 16.1 Å². The summed E-state index contributed by atoms with van der Waals surface area (Å²) >= 11 is 6.84. The molecule has 3 aromatic carbocycles. The molecule has 1 N–H and O–H groups in total. The molecule has 0 saturated carbocycles. The molecule has 0 aliphatic rings. The SMILES string of the molecule is O=[N+]([O-])c1ccc(N/N=C/c2ccc(OCc3ccc(Br)cc3)c(Br)c2)c([N+](=O)[O-])c1. The van der Waals surface area contributed by atoms with Crippen molar-refractivity contribution in [2.45, 2.75) is 6.61 Å². The Morgan fingerprint density at radius 2 is 1.71 bits per heavy atom. The van der Waals surface area contributed by atoms with Gasteiger partial charge < -0.3 is 4.74 Å². The van der Waals surface area contributed by atoms with Gasteiger partial charge in [-0.25, -0.2) is 0 Å². The molecule has 0 amide bonds. The van der Waals surface area contributed by atoms with Crippen molar-refractivity contribution in [3.05, 3.63) is 101 Å². The number of nitro benzene ring substituents is 2. The molecule has 0 aliphatic heterocycles. The number of rotatable bonds is 8. The highest BCUT2D eigenvalue weighted by atomic mass is 79.9. The predicted octanol–water partition coefficient (Wildman–Crippen LogP) is 6.05. The molecular formula is C20H14Br2N4O5. The van der Waals surface area contributed by atoms with E-state index in [4.69, 9.17) is 4.74 Å². The first-order valence-electron chi connectivity index (χ1n) is 8.72. The van der Waals surface area contributed by atoms with Crippen LogP contribution in [0.4, 0.5) is 17.1 Å². The van der Waals surface area contributed by atoms with Crippen LogP contribution in [0.2, 0.25) is 0 Å². The monoisotopic (exact) mass is 548 g/mol. The van der Waals surface area contributed by atoms with Gasteiger partial charge in [0.25, 0.3) is 5.69 Å². The van der Waals surface area contributed by atoms with E-state index in [1.807, 2.05) is 24.3 Å². The van der Waals surface area contributed by atoms with E-state index < -0.39 is 15.5 Å². The second kappa shape index (κ2) is 10.1. The number of nitro groups is 2. The Hall–Kier alpha value is -3.31. The predicted molar refractivity (Wildman–Crippen MR) is 124 cm³/mol. The Morgan fingerprint density at radius 3 is 2.35 bits per heavy atom. The minimum absolute atomic E-state index is 0.0420. The lowest BCUT2D eigenvalue weighted by Gasteiger charge is -2.09. The van der Waals surface area contributed by atoms with Gasteiger partial charge in [-0.15, -0.1) is 0 Å². The van der Waals surface area contributed by atoms with E-state index in [-0.39, 0.29) is 11.4 Å². The molecule has 3 rings (SSSR count). The Labute approximate surface area is 193 Å². The second-order valence-electron chi connectivity index (χ2n) is 6.19. The van der Waals surface area contributed by atoms with E-state index in [1.54, 1.807) is 18.2 Å². The summed E-state index contributed by atoms with van der Waals surface area (Å²) in [6, 6.07) is 16.4. The fourth-order valence-corrected chi connectivity index (χ4v) is 3.29. The summed E-state index contributed by atoms with van der Waals surface area (Å²) < 4.78 is 7.52. The van der Waals surface area contributed by atoms with Crippen LogP contribution < -0.4 is 10.2 Å². The molecule has 11 heteroatoms. The van der Waals surface area contributed by atoms with E-state index in [9.17, 15) is 20.2 Å². The van der Waals surface area contributed by atoms with Gasteiger partial charge in [-0.3, -0.25) is 25.7 Å². The number of anilines is 1. The second-order valence-corrected chi connectivity index (χ2v) is 7.96. The van der Waals surface area contributed by atoms with Gasteiger partial charge in [-0.05, 0) is 63.5 Å². The number of halogens is 2. The molecule has 0 saturated heterocycles. The average molecular weight is 550 g/mol. The Morgan fingerprint density at radius 1 is 0.968 bits per heavy atom. The van der Waals surface area contributed by atoms with Crippen LogP contribution in [0.25, 0.3) is 0 Å². The van der Waals surface area contributed by atoms with Crippen LogP contribution >= 0.6 is 31.9 Å². The smallest absolute Gasteiger partial charge is 0.301 e. The highest BCUT2D eigenvalue weighted by Gasteiger charge is 2.19. The van der Waals surface area contributed by atoms with Crippen LogP contribution in [0.5, 0.6) is 5.75 Å². The molecule has 0 heterocycles. The van der Waals surface area contributed by atoms with E-state index in [2.05, 4.69) is 42.4 Å². The maximum atomic E-state index is 11.2. The van der Waals surface area contributed by atoms with Gasteiger partial charge in [0, 0.05) is 10.5 Å². The zero-order valence-electron chi connectivity index (χ0n) is 15.7.